The van der Waals surface area contributed by atoms with E-state index in [4.69, 9.17) is 5.73 Å². The van der Waals surface area contributed by atoms with Gasteiger partial charge in [0, 0.05) is 6.04 Å². The van der Waals surface area contributed by atoms with Crippen molar-refractivity contribution in [2.45, 2.75) is 24.3 Å². The van der Waals surface area contributed by atoms with Crippen molar-refractivity contribution in [1.82, 2.24) is 4.37 Å². The number of rotatable bonds is 3. The summed E-state index contributed by atoms with van der Waals surface area (Å²) in [5.41, 5.74) is 5.72. The number of thioether (sulfide) groups is 1. The van der Waals surface area contributed by atoms with Gasteiger partial charge >= 0.3 is 0 Å². The summed E-state index contributed by atoms with van der Waals surface area (Å²) in [5.74, 6) is 1.46. The zero-order valence-corrected chi connectivity index (χ0v) is 9.34. The molecule has 0 saturated heterocycles. The van der Waals surface area contributed by atoms with Crippen LogP contribution in [0.3, 0.4) is 0 Å². The number of nitrogens with two attached hydrogens (primary N) is 1. The molecule has 2 rings (SSSR count). The molecule has 72 valence electrons. The molecule has 1 fully saturated rings. The van der Waals surface area contributed by atoms with E-state index in [2.05, 4.69) is 16.6 Å². The lowest BCUT2D eigenvalue weighted by molar-refractivity contribution is 0.930. The minimum absolute atomic E-state index is 0.644. The normalized spacial score (nSPS) is 26.0. The second kappa shape index (κ2) is 3.38. The fourth-order valence-corrected chi connectivity index (χ4v) is 2.87. The third-order valence-electron chi connectivity index (χ3n) is 2.30. The summed E-state index contributed by atoms with van der Waals surface area (Å²) in [4.78, 5) is 1.10. The monoisotopic (exact) mass is 215 g/mol. The van der Waals surface area contributed by atoms with E-state index in [1.54, 1.807) is 11.8 Å². The van der Waals surface area contributed by atoms with Gasteiger partial charge in [0.2, 0.25) is 0 Å². The maximum atomic E-state index is 5.72. The molecule has 0 spiro atoms. The number of aromatic nitrogens is 1. The Labute approximate surface area is 86.3 Å². The second-order valence-corrected chi connectivity index (χ2v) is 4.98. The first-order chi connectivity index (χ1) is 6.22. The lowest BCUT2D eigenvalue weighted by Gasteiger charge is -2.02. The van der Waals surface area contributed by atoms with Crippen molar-refractivity contribution in [3.8, 4) is 0 Å². The molecule has 3 nitrogen and oxygen atoms in total. The first-order valence-electron chi connectivity index (χ1n) is 4.28. The van der Waals surface area contributed by atoms with Crippen molar-refractivity contribution in [3.63, 3.8) is 0 Å². The Kier molecular flexibility index (Phi) is 2.38. The minimum atomic E-state index is 0.644. The molecule has 1 saturated carbocycles. The van der Waals surface area contributed by atoms with Gasteiger partial charge < -0.3 is 11.1 Å². The molecule has 1 aromatic rings. The standard InChI is InChI=1S/C8H13N3S2/c1-4-3-5(4)10-8-6(12-2)7(9)11-13-8/h4-5,10H,3H2,1-2H3,(H2,9,11). The van der Waals surface area contributed by atoms with Crippen LogP contribution < -0.4 is 11.1 Å². The van der Waals surface area contributed by atoms with Crippen LogP contribution in [0.25, 0.3) is 0 Å². The Morgan fingerprint density at radius 3 is 2.92 bits per heavy atom. The van der Waals surface area contributed by atoms with Crippen LogP contribution in [-0.4, -0.2) is 16.7 Å². The Bertz CT molecular complexity index is 310. The summed E-state index contributed by atoms with van der Waals surface area (Å²) in [6.07, 6.45) is 3.30. The van der Waals surface area contributed by atoms with E-state index in [1.165, 1.54) is 18.0 Å². The van der Waals surface area contributed by atoms with Gasteiger partial charge in [0.15, 0.2) is 5.82 Å². The fourth-order valence-electron chi connectivity index (χ4n) is 1.27. The number of nitrogens with one attached hydrogen (secondary N) is 1. The molecule has 0 bridgehead atoms. The van der Waals surface area contributed by atoms with Gasteiger partial charge in [-0.05, 0) is 30.1 Å². The molecule has 1 aliphatic carbocycles. The highest BCUT2D eigenvalue weighted by molar-refractivity contribution is 7.99. The van der Waals surface area contributed by atoms with Crippen molar-refractivity contribution in [2.24, 2.45) is 5.92 Å². The molecule has 1 aliphatic rings. The number of anilines is 2. The lowest BCUT2D eigenvalue weighted by Crippen LogP contribution is -2.02. The summed E-state index contributed by atoms with van der Waals surface area (Å²) in [5, 5.41) is 4.60. The largest absolute Gasteiger partial charge is 0.382 e. The van der Waals surface area contributed by atoms with Gasteiger partial charge in [0.1, 0.15) is 5.00 Å². The van der Waals surface area contributed by atoms with Crippen LogP contribution in [0.15, 0.2) is 4.90 Å². The van der Waals surface area contributed by atoms with Crippen LogP contribution in [0.1, 0.15) is 13.3 Å². The lowest BCUT2D eigenvalue weighted by atomic mass is 10.5. The van der Waals surface area contributed by atoms with Gasteiger partial charge in [-0.1, -0.05) is 6.92 Å². The molecule has 5 heteroatoms. The predicted molar refractivity (Wildman–Crippen MR) is 59.5 cm³/mol. The van der Waals surface area contributed by atoms with Gasteiger partial charge in [-0.15, -0.1) is 11.8 Å². The number of nitrogens with zero attached hydrogens (tertiary/aromatic N) is 1. The quantitative estimate of drug-likeness (QED) is 0.759. The van der Waals surface area contributed by atoms with E-state index in [9.17, 15) is 0 Å². The average molecular weight is 215 g/mol. The molecule has 0 aromatic carbocycles. The highest BCUT2D eigenvalue weighted by atomic mass is 32.2. The maximum Gasteiger partial charge on any atom is 0.153 e. The third kappa shape index (κ3) is 1.76. The number of hydrogen-bond acceptors (Lipinski definition) is 5. The Hall–Kier alpha value is -0.420. The van der Waals surface area contributed by atoms with Gasteiger partial charge in [-0.2, -0.15) is 4.37 Å². The molecule has 13 heavy (non-hydrogen) atoms. The van der Waals surface area contributed by atoms with Crippen LogP contribution in [0, 0.1) is 5.92 Å². The summed E-state index contributed by atoms with van der Waals surface area (Å²) in [6, 6.07) is 0.644. The summed E-state index contributed by atoms with van der Waals surface area (Å²) in [6.45, 7) is 2.25. The first-order valence-corrected chi connectivity index (χ1v) is 6.28. The molecule has 0 amide bonds. The topological polar surface area (TPSA) is 50.9 Å². The smallest absolute Gasteiger partial charge is 0.153 e. The van der Waals surface area contributed by atoms with Crippen molar-refractivity contribution >= 4 is 34.1 Å². The van der Waals surface area contributed by atoms with Crippen LogP contribution in [0.5, 0.6) is 0 Å². The van der Waals surface area contributed by atoms with Crippen molar-refractivity contribution in [3.05, 3.63) is 0 Å². The average Bonchev–Trinajstić information content (AvgIpc) is 2.65. The van der Waals surface area contributed by atoms with Gasteiger partial charge in [0.25, 0.3) is 0 Å². The molecule has 0 radical (unpaired) electrons. The van der Waals surface area contributed by atoms with Crippen molar-refractivity contribution < 1.29 is 0 Å². The second-order valence-electron chi connectivity index (χ2n) is 3.39. The highest BCUT2D eigenvalue weighted by Gasteiger charge is 2.33. The summed E-state index contributed by atoms with van der Waals surface area (Å²) >= 11 is 3.12. The summed E-state index contributed by atoms with van der Waals surface area (Å²) < 4.78 is 4.13. The van der Waals surface area contributed by atoms with E-state index in [0.717, 1.165) is 15.8 Å². The number of nitrogen functional groups attached to an aromatic ring is 1. The van der Waals surface area contributed by atoms with Crippen LogP contribution in [-0.2, 0) is 0 Å². The van der Waals surface area contributed by atoms with Crippen molar-refractivity contribution in [1.29, 1.82) is 0 Å². The van der Waals surface area contributed by atoms with Gasteiger partial charge in [-0.3, -0.25) is 0 Å². The van der Waals surface area contributed by atoms with E-state index in [-0.39, 0.29) is 0 Å². The molecule has 2 atom stereocenters. The van der Waals surface area contributed by atoms with Crippen LogP contribution >= 0.6 is 23.3 Å². The van der Waals surface area contributed by atoms with E-state index >= 15 is 0 Å². The van der Waals surface area contributed by atoms with E-state index in [0.29, 0.717) is 11.9 Å². The zero-order valence-electron chi connectivity index (χ0n) is 7.70. The molecular formula is C8H13N3S2. The Balaban J connectivity index is 2.10. The predicted octanol–water partition coefficient (Wildman–Crippen LogP) is 2.27. The molecule has 0 aliphatic heterocycles. The third-order valence-corrected chi connectivity index (χ3v) is 4.05. The van der Waals surface area contributed by atoms with Crippen molar-refractivity contribution in [2.75, 3.05) is 17.3 Å². The highest BCUT2D eigenvalue weighted by Crippen LogP contribution is 2.39. The fraction of sp³-hybridized carbons (Fsp3) is 0.625. The van der Waals surface area contributed by atoms with E-state index < -0.39 is 0 Å². The van der Waals surface area contributed by atoms with E-state index in [1.807, 2.05) is 6.26 Å². The molecule has 2 unspecified atom stereocenters. The van der Waals surface area contributed by atoms with Gasteiger partial charge in [0.05, 0.1) is 4.90 Å². The molecule has 3 N–H and O–H groups in total. The first kappa shape index (κ1) is 9.15. The van der Waals surface area contributed by atoms with Crippen LogP contribution in [0.4, 0.5) is 10.8 Å². The Morgan fingerprint density at radius 1 is 1.69 bits per heavy atom. The zero-order chi connectivity index (χ0) is 9.42. The SMILES string of the molecule is CSc1c(N)nsc1NC1CC1C. The molecular weight excluding hydrogens is 202 g/mol. The Morgan fingerprint density at radius 2 is 2.38 bits per heavy atom. The maximum absolute atomic E-state index is 5.72. The molecule has 1 aromatic heterocycles. The minimum Gasteiger partial charge on any atom is -0.382 e. The number of hydrogen-bond donors (Lipinski definition) is 2. The molecule has 1 heterocycles. The van der Waals surface area contributed by atoms with Gasteiger partial charge in [-0.25, -0.2) is 0 Å². The van der Waals surface area contributed by atoms with Crippen LogP contribution in [0.2, 0.25) is 0 Å². The summed E-state index contributed by atoms with van der Waals surface area (Å²) in [7, 11) is 0.